The van der Waals surface area contributed by atoms with E-state index in [1.807, 2.05) is 0 Å². The number of furan rings is 1. The Morgan fingerprint density at radius 2 is 2.12 bits per heavy atom. The Labute approximate surface area is 105 Å². The van der Waals surface area contributed by atoms with Crippen molar-refractivity contribution in [2.24, 2.45) is 0 Å². The summed E-state index contributed by atoms with van der Waals surface area (Å²) in [6, 6.07) is 2.06. The molecule has 0 aromatic carbocycles. The Bertz CT molecular complexity index is 325. The molecule has 0 aliphatic heterocycles. The second-order valence-electron chi connectivity index (χ2n) is 5.55. The average molecular weight is 239 g/mol. The van der Waals surface area contributed by atoms with Crippen LogP contribution in [0.1, 0.15) is 52.4 Å². The second-order valence-corrected chi connectivity index (χ2v) is 5.55. The fourth-order valence-corrected chi connectivity index (χ4v) is 1.30. The van der Waals surface area contributed by atoms with Crippen molar-refractivity contribution in [2.45, 2.75) is 65.8 Å². The van der Waals surface area contributed by atoms with Crippen molar-refractivity contribution in [3.63, 3.8) is 0 Å². The molecule has 3 nitrogen and oxygen atoms in total. The largest absolute Gasteiger partial charge is 0.467 e. The van der Waals surface area contributed by atoms with Crippen LogP contribution in [0.3, 0.4) is 0 Å². The fourth-order valence-electron chi connectivity index (χ4n) is 1.30. The van der Waals surface area contributed by atoms with Crippen molar-refractivity contribution in [3.8, 4) is 0 Å². The normalized spacial score (nSPS) is 13.9. The van der Waals surface area contributed by atoms with Gasteiger partial charge in [-0.05, 0) is 40.2 Å². The Kier molecular flexibility index (Phi) is 5.22. The molecule has 0 aliphatic carbocycles. The molecular formula is C14H25NO2. The minimum Gasteiger partial charge on any atom is -0.467 e. The van der Waals surface area contributed by atoms with Gasteiger partial charge in [-0.1, -0.05) is 6.92 Å². The standard InChI is InChI=1S/C14H25NO2/c1-6-11(2)16-10-13-7-12(9-17-13)8-15-14(3,4)5/h7,9,11,15H,6,8,10H2,1-5H3. The van der Waals surface area contributed by atoms with E-state index in [2.05, 4.69) is 46.0 Å². The van der Waals surface area contributed by atoms with E-state index in [1.165, 1.54) is 5.56 Å². The van der Waals surface area contributed by atoms with Crippen molar-refractivity contribution < 1.29 is 9.15 Å². The van der Waals surface area contributed by atoms with E-state index in [9.17, 15) is 0 Å². The number of ether oxygens (including phenoxy) is 1. The van der Waals surface area contributed by atoms with Gasteiger partial charge in [0.05, 0.1) is 12.4 Å². The first kappa shape index (κ1) is 14.3. The molecule has 0 saturated carbocycles. The highest BCUT2D eigenvalue weighted by atomic mass is 16.5. The van der Waals surface area contributed by atoms with Gasteiger partial charge in [-0.25, -0.2) is 0 Å². The van der Waals surface area contributed by atoms with Crippen molar-refractivity contribution in [1.29, 1.82) is 0 Å². The summed E-state index contributed by atoms with van der Waals surface area (Å²) < 4.78 is 11.1. The molecule has 0 radical (unpaired) electrons. The summed E-state index contributed by atoms with van der Waals surface area (Å²) in [4.78, 5) is 0. The zero-order valence-electron chi connectivity index (χ0n) is 11.7. The molecule has 1 atom stereocenters. The van der Waals surface area contributed by atoms with Crippen LogP contribution in [0.4, 0.5) is 0 Å². The van der Waals surface area contributed by atoms with E-state index in [0.717, 1.165) is 18.7 Å². The molecule has 0 bridgehead atoms. The van der Waals surface area contributed by atoms with Gasteiger partial charge in [0.15, 0.2) is 0 Å². The van der Waals surface area contributed by atoms with Gasteiger partial charge in [0.2, 0.25) is 0 Å². The summed E-state index contributed by atoms with van der Waals surface area (Å²) in [5.74, 6) is 0.899. The Balaban J connectivity index is 2.37. The van der Waals surface area contributed by atoms with Gasteiger partial charge in [0, 0.05) is 17.6 Å². The summed E-state index contributed by atoms with van der Waals surface area (Å²) in [6.45, 7) is 12.0. The minimum absolute atomic E-state index is 0.130. The third-order valence-electron chi connectivity index (χ3n) is 2.62. The molecule has 1 aromatic rings. The highest BCUT2D eigenvalue weighted by molar-refractivity contribution is 5.12. The fraction of sp³-hybridized carbons (Fsp3) is 0.714. The smallest absolute Gasteiger partial charge is 0.129 e. The first-order valence-corrected chi connectivity index (χ1v) is 6.33. The zero-order valence-corrected chi connectivity index (χ0v) is 11.7. The third-order valence-corrected chi connectivity index (χ3v) is 2.62. The number of hydrogen-bond acceptors (Lipinski definition) is 3. The van der Waals surface area contributed by atoms with Crippen molar-refractivity contribution >= 4 is 0 Å². The van der Waals surface area contributed by atoms with Crippen LogP contribution in [0.2, 0.25) is 0 Å². The van der Waals surface area contributed by atoms with Crippen LogP contribution < -0.4 is 5.32 Å². The van der Waals surface area contributed by atoms with E-state index in [4.69, 9.17) is 9.15 Å². The topological polar surface area (TPSA) is 34.4 Å². The summed E-state index contributed by atoms with van der Waals surface area (Å²) in [5, 5.41) is 3.43. The molecule has 17 heavy (non-hydrogen) atoms. The van der Waals surface area contributed by atoms with Crippen LogP contribution in [0, 0.1) is 0 Å². The van der Waals surface area contributed by atoms with Crippen molar-refractivity contribution in [3.05, 3.63) is 23.7 Å². The molecule has 98 valence electrons. The van der Waals surface area contributed by atoms with Crippen LogP contribution in [0.5, 0.6) is 0 Å². The predicted octanol–water partition coefficient (Wildman–Crippen LogP) is 3.48. The maximum Gasteiger partial charge on any atom is 0.129 e. The molecule has 1 N–H and O–H groups in total. The molecule has 1 aromatic heterocycles. The van der Waals surface area contributed by atoms with Gasteiger partial charge in [0.1, 0.15) is 12.4 Å². The lowest BCUT2D eigenvalue weighted by atomic mass is 10.1. The highest BCUT2D eigenvalue weighted by Gasteiger charge is 2.10. The molecule has 0 spiro atoms. The van der Waals surface area contributed by atoms with Gasteiger partial charge >= 0.3 is 0 Å². The third kappa shape index (κ3) is 5.89. The minimum atomic E-state index is 0.130. The lowest BCUT2D eigenvalue weighted by Gasteiger charge is -2.19. The maximum atomic E-state index is 5.62. The predicted molar refractivity (Wildman–Crippen MR) is 69.8 cm³/mol. The quantitative estimate of drug-likeness (QED) is 0.825. The number of rotatable bonds is 6. The molecule has 1 unspecified atom stereocenters. The Morgan fingerprint density at radius 3 is 2.71 bits per heavy atom. The number of hydrogen-bond donors (Lipinski definition) is 1. The van der Waals surface area contributed by atoms with Crippen LogP contribution in [0.25, 0.3) is 0 Å². The van der Waals surface area contributed by atoms with Crippen molar-refractivity contribution in [1.82, 2.24) is 5.32 Å². The van der Waals surface area contributed by atoms with Gasteiger partial charge in [-0.3, -0.25) is 0 Å². The van der Waals surface area contributed by atoms with E-state index in [-0.39, 0.29) is 11.6 Å². The van der Waals surface area contributed by atoms with E-state index in [1.54, 1.807) is 6.26 Å². The zero-order chi connectivity index (χ0) is 12.9. The van der Waals surface area contributed by atoms with Crippen LogP contribution >= 0.6 is 0 Å². The summed E-state index contributed by atoms with van der Waals surface area (Å²) >= 11 is 0. The van der Waals surface area contributed by atoms with Gasteiger partial charge in [0.25, 0.3) is 0 Å². The Hall–Kier alpha value is -0.800. The summed E-state index contributed by atoms with van der Waals surface area (Å²) in [6.07, 6.45) is 3.11. The number of nitrogens with one attached hydrogen (secondary N) is 1. The first-order valence-electron chi connectivity index (χ1n) is 6.33. The maximum absolute atomic E-state index is 5.62. The van der Waals surface area contributed by atoms with Crippen molar-refractivity contribution in [2.75, 3.05) is 0 Å². The molecule has 0 amide bonds. The van der Waals surface area contributed by atoms with E-state index in [0.29, 0.717) is 6.61 Å². The second kappa shape index (κ2) is 6.22. The summed E-state index contributed by atoms with van der Waals surface area (Å²) in [7, 11) is 0. The molecule has 3 heteroatoms. The molecular weight excluding hydrogens is 214 g/mol. The average Bonchev–Trinajstić information content (AvgIpc) is 2.70. The van der Waals surface area contributed by atoms with Crippen LogP contribution in [-0.4, -0.2) is 11.6 Å². The molecule has 0 aliphatic rings. The molecule has 0 saturated heterocycles. The van der Waals surface area contributed by atoms with E-state index >= 15 is 0 Å². The van der Waals surface area contributed by atoms with Gasteiger partial charge in [-0.15, -0.1) is 0 Å². The molecule has 0 fully saturated rings. The highest BCUT2D eigenvalue weighted by Crippen LogP contribution is 2.12. The van der Waals surface area contributed by atoms with Gasteiger partial charge in [-0.2, -0.15) is 0 Å². The lowest BCUT2D eigenvalue weighted by Crippen LogP contribution is -2.34. The molecule has 1 heterocycles. The SMILES string of the molecule is CCC(C)OCc1cc(CNC(C)(C)C)co1. The van der Waals surface area contributed by atoms with Crippen LogP contribution in [-0.2, 0) is 17.9 Å². The monoisotopic (exact) mass is 239 g/mol. The van der Waals surface area contributed by atoms with E-state index < -0.39 is 0 Å². The Morgan fingerprint density at radius 1 is 1.41 bits per heavy atom. The van der Waals surface area contributed by atoms with Gasteiger partial charge < -0.3 is 14.5 Å². The summed E-state index contributed by atoms with van der Waals surface area (Å²) in [5.41, 5.74) is 1.30. The first-order chi connectivity index (χ1) is 7.90. The molecule has 1 rings (SSSR count). The van der Waals surface area contributed by atoms with Crippen LogP contribution in [0.15, 0.2) is 16.7 Å². The lowest BCUT2D eigenvalue weighted by molar-refractivity contribution is 0.0406.